The van der Waals surface area contributed by atoms with Crippen LogP contribution in [0.25, 0.3) is 0 Å². The number of carbonyl (C=O) groups excluding carboxylic acids is 2. The molecule has 1 heterocycles. The number of nitrogens with zero attached hydrogens (tertiary/aromatic N) is 1. The summed E-state index contributed by atoms with van der Waals surface area (Å²) in [4.78, 5) is 26.9. The number of piperidine rings is 1. The Labute approximate surface area is 184 Å². The lowest BCUT2D eigenvalue weighted by Gasteiger charge is -2.38. The molecule has 1 aliphatic heterocycles. The zero-order valence-corrected chi connectivity index (χ0v) is 18.8. The van der Waals surface area contributed by atoms with Gasteiger partial charge in [0.15, 0.2) is 6.61 Å². The Kier molecular flexibility index (Phi) is 7.19. The van der Waals surface area contributed by atoms with Crippen LogP contribution in [0.3, 0.4) is 0 Å². The molecule has 1 fully saturated rings. The monoisotopic (exact) mass is 478 g/mol. The van der Waals surface area contributed by atoms with Crippen molar-refractivity contribution in [2.45, 2.75) is 45.2 Å². The molecule has 2 amide bonds. The van der Waals surface area contributed by atoms with Crippen LogP contribution in [0.4, 0.5) is 5.69 Å². The molecule has 0 aromatic heterocycles. The van der Waals surface area contributed by atoms with E-state index in [1.54, 1.807) is 42.5 Å². The van der Waals surface area contributed by atoms with E-state index in [1.165, 1.54) is 0 Å². The van der Waals surface area contributed by atoms with Crippen LogP contribution in [-0.4, -0.2) is 35.4 Å². The Morgan fingerprint density at radius 2 is 1.79 bits per heavy atom. The van der Waals surface area contributed by atoms with Crippen LogP contribution in [0.15, 0.2) is 46.9 Å². The molecule has 0 saturated carbocycles. The lowest BCUT2D eigenvalue weighted by Crippen LogP contribution is -2.49. The van der Waals surface area contributed by atoms with Gasteiger partial charge in [-0.3, -0.25) is 9.59 Å². The zero-order chi connectivity index (χ0) is 21.0. The van der Waals surface area contributed by atoms with Gasteiger partial charge in [-0.1, -0.05) is 27.5 Å². The van der Waals surface area contributed by atoms with Crippen LogP contribution in [0, 0.1) is 0 Å². The van der Waals surface area contributed by atoms with Crippen molar-refractivity contribution in [2.75, 3.05) is 11.9 Å². The highest BCUT2D eigenvalue weighted by atomic mass is 79.9. The number of carbonyl (C=O) groups is 2. The molecule has 2 atom stereocenters. The summed E-state index contributed by atoms with van der Waals surface area (Å²) in [6.07, 6.45) is 3.21. The Balaban J connectivity index is 1.57. The molecule has 2 unspecified atom stereocenters. The van der Waals surface area contributed by atoms with Gasteiger partial charge in [-0.25, -0.2) is 0 Å². The van der Waals surface area contributed by atoms with Crippen LogP contribution in [-0.2, 0) is 4.79 Å². The van der Waals surface area contributed by atoms with Crippen LogP contribution >= 0.6 is 27.5 Å². The van der Waals surface area contributed by atoms with Crippen LogP contribution < -0.4 is 10.1 Å². The zero-order valence-electron chi connectivity index (χ0n) is 16.5. The maximum atomic E-state index is 12.5. The number of halogens is 2. The van der Waals surface area contributed by atoms with Crippen LogP contribution in [0.1, 0.15) is 43.5 Å². The minimum Gasteiger partial charge on any atom is -0.484 e. The van der Waals surface area contributed by atoms with E-state index in [4.69, 9.17) is 16.3 Å². The van der Waals surface area contributed by atoms with Gasteiger partial charge in [0.05, 0.1) is 10.7 Å². The van der Waals surface area contributed by atoms with E-state index in [-0.39, 0.29) is 30.5 Å². The van der Waals surface area contributed by atoms with E-state index < -0.39 is 0 Å². The second kappa shape index (κ2) is 9.63. The summed E-state index contributed by atoms with van der Waals surface area (Å²) < 4.78 is 6.49. The number of likely N-dealkylation sites (tertiary alicyclic amines) is 1. The van der Waals surface area contributed by atoms with Gasteiger partial charge in [0.2, 0.25) is 0 Å². The average molecular weight is 480 g/mol. The molecule has 0 radical (unpaired) electrons. The van der Waals surface area contributed by atoms with E-state index in [2.05, 4.69) is 35.1 Å². The molecule has 0 aliphatic carbocycles. The highest BCUT2D eigenvalue weighted by Gasteiger charge is 2.28. The van der Waals surface area contributed by atoms with Crippen molar-refractivity contribution in [1.29, 1.82) is 0 Å². The number of hydrogen-bond acceptors (Lipinski definition) is 3. The molecule has 1 saturated heterocycles. The van der Waals surface area contributed by atoms with Crippen molar-refractivity contribution < 1.29 is 14.3 Å². The summed E-state index contributed by atoms with van der Waals surface area (Å²) in [5, 5.41) is 3.23. The van der Waals surface area contributed by atoms with Crippen molar-refractivity contribution in [3.05, 3.63) is 57.5 Å². The largest absolute Gasteiger partial charge is 0.484 e. The molecule has 1 aliphatic rings. The predicted molar refractivity (Wildman–Crippen MR) is 119 cm³/mol. The summed E-state index contributed by atoms with van der Waals surface area (Å²) >= 11 is 9.47. The van der Waals surface area contributed by atoms with Gasteiger partial charge in [0, 0.05) is 22.1 Å². The first-order valence-electron chi connectivity index (χ1n) is 9.65. The number of ether oxygens (including phenoxy) is 1. The second-order valence-electron chi connectivity index (χ2n) is 7.32. The normalized spacial score (nSPS) is 19.0. The molecule has 1 N–H and O–H groups in total. The Hall–Kier alpha value is -2.05. The summed E-state index contributed by atoms with van der Waals surface area (Å²) in [7, 11) is 0. The van der Waals surface area contributed by atoms with Gasteiger partial charge in [-0.15, -0.1) is 0 Å². The van der Waals surface area contributed by atoms with Gasteiger partial charge in [-0.2, -0.15) is 0 Å². The van der Waals surface area contributed by atoms with E-state index >= 15 is 0 Å². The number of rotatable bonds is 5. The molecule has 29 heavy (non-hydrogen) atoms. The van der Waals surface area contributed by atoms with E-state index in [0.717, 1.165) is 23.7 Å². The fraction of sp³-hybridized carbons (Fsp3) is 0.364. The fourth-order valence-electron chi connectivity index (χ4n) is 3.62. The second-order valence-corrected chi connectivity index (χ2v) is 8.64. The topological polar surface area (TPSA) is 58.6 Å². The van der Waals surface area contributed by atoms with Gasteiger partial charge < -0.3 is 15.0 Å². The van der Waals surface area contributed by atoms with Gasteiger partial charge in [0.25, 0.3) is 11.8 Å². The lowest BCUT2D eigenvalue weighted by atomic mass is 9.97. The SMILES string of the molecule is CC1CCCC(C)N1C(=O)COc1ccc(C(=O)Nc2ccc(Br)cc2Cl)cc1. The molecule has 0 spiro atoms. The molecule has 5 nitrogen and oxygen atoms in total. The first-order valence-corrected chi connectivity index (χ1v) is 10.8. The Morgan fingerprint density at radius 1 is 1.14 bits per heavy atom. The molecular weight excluding hydrogens is 456 g/mol. The smallest absolute Gasteiger partial charge is 0.260 e. The van der Waals surface area contributed by atoms with Crippen molar-refractivity contribution in [2.24, 2.45) is 0 Å². The molecule has 2 aromatic carbocycles. The van der Waals surface area contributed by atoms with Gasteiger partial charge in [0.1, 0.15) is 5.75 Å². The molecule has 3 rings (SSSR count). The minimum atomic E-state index is -0.271. The Bertz CT molecular complexity index is 878. The average Bonchev–Trinajstić information content (AvgIpc) is 2.68. The van der Waals surface area contributed by atoms with Crippen molar-refractivity contribution in [3.8, 4) is 5.75 Å². The number of amides is 2. The number of anilines is 1. The first kappa shape index (κ1) is 21.7. The van der Waals surface area contributed by atoms with Gasteiger partial charge in [-0.05, 0) is 75.6 Å². The lowest BCUT2D eigenvalue weighted by molar-refractivity contribution is -0.139. The molecule has 2 aromatic rings. The molecular formula is C22H24BrClN2O3. The summed E-state index contributed by atoms with van der Waals surface area (Å²) in [5.74, 6) is 0.276. The highest BCUT2D eigenvalue weighted by Crippen LogP contribution is 2.26. The van der Waals surface area contributed by atoms with E-state index in [9.17, 15) is 9.59 Å². The van der Waals surface area contributed by atoms with E-state index in [1.807, 2.05) is 4.90 Å². The third-order valence-electron chi connectivity index (χ3n) is 5.14. The van der Waals surface area contributed by atoms with Gasteiger partial charge >= 0.3 is 0 Å². The quantitative estimate of drug-likeness (QED) is 0.614. The van der Waals surface area contributed by atoms with E-state index in [0.29, 0.717) is 22.0 Å². The van der Waals surface area contributed by atoms with Crippen molar-refractivity contribution in [1.82, 2.24) is 4.90 Å². The maximum absolute atomic E-state index is 12.5. The maximum Gasteiger partial charge on any atom is 0.260 e. The first-order chi connectivity index (χ1) is 13.8. The number of nitrogens with one attached hydrogen (secondary N) is 1. The van der Waals surface area contributed by atoms with Crippen molar-refractivity contribution in [3.63, 3.8) is 0 Å². The minimum absolute atomic E-state index is 0.00333. The Morgan fingerprint density at radius 3 is 2.41 bits per heavy atom. The summed E-state index contributed by atoms with van der Waals surface area (Å²) in [5.41, 5.74) is 1.01. The van der Waals surface area contributed by atoms with Crippen molar-refractivity contribution >= 4 is 45.0 Å². The standard InChI is InChI=1S/C22H24BrClN2O3/c1-14-4-3-5-15(2)26(14)21(27)13-29-18-9-6-16(7-10-18)22(28)25-20-11-8-17(23)12-19(20)24/h6-12,14-15H,3-5,13H2,1-2H3,(H,25,28). The highest BCUT2D eigenvalue weighted by molar-refractivity contribution is 9.10. The number of hydrogen-bond donors (Lipinski definition) is 1. The fourth-order valence-corrected chi connectivity index (χ4v) is 4.34. The number of benzene rings is 2. The predicted octanol–water partition coefficient (Wildman–Crippen LogP) is 5.52. The van der Waals surface area contributed by atoms with Crippen LogP contribution in [0.5, 0.6) is 5.75 Å². The summed E-state index contributed by atoms with van der Waals surface area (Å²) in [6.45, 7) is 4.16. The molecule has 0 bridgehead atoms. The summed E-state index contributed by atoms with van der Waals surface area (Å²) in [6, 6.07) is 12.4. The molecule has 154 valence electrons. The molecule has 7 heteroatoms. The third-order valence-corrected chi connectivity index (χ3v) is 5.95. The van der Waals surface area contributed by atoms with Crippen LogP contribution in [0.2, 0.25) is 5.02 Å². The third kappa shape index (κ3) is 5.52.